The monoisotopic (exact) mass is 207 g/mol. The lowest BCUT2D eigenvalue weighted by molar-refractivity contribution is 0.00471. The summed E-state index contributed by atoms with van der Waals surface area (Å²) in [5.41, 5.74) is 6.31. The lowest BCUT2D eigenvalue weighted by Gasteiger charge is -2.44. The molecule has 0 saturated heterocycles. The third-order valence-electron chi connectivity index (χ3n) is 3.85. The van der Waals surface area contributed by atoms with Crippen LogP contribution in [0.5, 0.6) is 0 Å². The van der Waals surface area contributed by atoms with E-state index in [9.17, 15) is 5.11 Å². The topological polar surface area (TPSA) is 46.2 Å². The highest BCUT2D eigenvalue weighted by molar-refractivity contribution is 5.26. The maximum absolute atomic E-state index is 9.65. The Morgan fingerprint density at radius 3 is 1.93 bits per heavy atom. The zero-order valence-corrected chi connectivity index (χ0v) is 9.99. The van der Waals surface area contributed by atoms with Crippen molar-refractivity contribution in [3.8, 4) is 0 Å². The predicted octanol–water partition coefficient (Wildman–Crippen LogP) is 2.27. The third kappa shape index (κ3) is 2.06. The fourth-order valence-corrected chi connectivity index (χ4v) is 1.60. The van der Waals surface area contributed by atoms with Crippen LogP contribution in [-0.2, 0) is 5.41 Å². The minimum atomic E-state index is -0.826. The number of aliphatic hydroxyl groups excluding tert-OH is 1. The molecule has 1 rings (SSSR count). The van der Waals surface area contributed by atoms with Crippen molar-refractivity contribution < 1.29 is 5.11 Å². The van der Waals surface area contributed by atoms with Gasteiger partial charge in [-0.25, -0.2) is 0 Å². The van der Waals surface area contributed by atoms with E-state index in [1.165, 1.54) is 5.56 Å². The molecule has 3 N–H and O–H groups in total. The van der Waals surface area contributed by atoms with E-state index in [1.807, 2.05) is 32.0 Å². The van der Waals surface area contributed by atoms with Crippen LogP contribution in [0.2, 0.25) is 0 Å². The molecule has 0 spiro atoms. The SMILES string of the molecule is CC(C)(c1ccccc1)C(C)(C)C(N)O. The van der Waals surface area contributed by atoms with E-state index in [4.69, 9.17) is 5.73 Å². The Hall–Kier alpha value is -0.860. The van der Waals surface area contributed by atoms with Crippen LogP contribution in [0, 0.1) is 5.41 Å². The summed E-state index contributed by atoms with van der Waals surface area (Å²) in [5.74, 6) is 0. The summed E-state index contributed by atoms with van der Waals surface area (Å²) >= 11 is 0. The Morgan fingerprint density at radius 1 is 1.07 bits per heavy atom. The summed E-state index contributed by atoms with van der Waals surface area (Å²) in [6.07, 6.45) is -0.826. The van der Waals surface area contributed by atoms with Gasteiger partial charge in [-0.05, 0) is 11.0 Å². The summed E-state index contributed by atoms with van der Waals surface area (Å²) in [5, 5.41) is 9.65. The molecule has 1 unspecified atom stereocenters. The summed E-state index contributed by atoms with van der Waals surface area (Å²) in [6.45, 7) is 8.20. The molecule has 1 aromatic rings. The molecule has 0 aromatic heterocycles. The number of aliphatic hydroxyl groups is 1. The second-order valence-corrected chi connectivity index (χ2v) is 5.16. The zero-order valence-electron chi connectivity index (χ0n) is 9.99. The van der Waals surface area contributed by atoms with Crippen LogP contribution in [0.15, 0.2) is 30.3 Å². The van der Waals surface area contributed by atoms with E-state index in [2.05, 4.69) is 26.0 Å². The van der Waals surface area contributed by atoms with Gasteiger partial charge in [-0.1, -0.05) is 58.0 Å². The van der Waals surface area contributed by atoms with Gasteiger partial charge in [0.25, 0.3) is 0 Å². The van der Waals surface area contributed by atoms with Crippen LogP contribution in [-0.4, -0.2) is 11.3 Å². The summed E-state index contributed by atoms with van der Waals surface area (Å²) < 4.78 is 0. The first-order chi connectivity index (χ1) is 6.80. The Kier molecular flexibility index (Phi) is 3.22. The molecular weight excluding hydrogens is 186 g/mol. The number of hydrogen-bond donors (Lipinski definition) is 2. The van der Waals surface area contributed by atoms with E-state index in [1.54, 1.807) is 0 Å². The Balaban J connectivity index is 3.13. The molecule has 84 valence electrons. The van der Waals surface area contributed by atoms with Crippen molar-refractivity contribution in [3.05, 3.63) is 35.9 Å². The summed E-state index contributed by atoms with van der Waals surface area (Å²) in [7, 11) is 0. The standard InChI is InChI=1S/C13H21NO/c1-12(2,13(3,4)11(14)15)10-8-6-5-7-9-10/h5-9,11,15H,14H2,1-4H3. The molecule has 2 heteroatoms. The first-order valence-electron chi connectivity index (χ1n) is 5.29. The highest BCUT2D eigenvalue weighted by Crippen LogP contribution is 2.42. The molecular formula is C13H21NO. The maximum Gasteiger partial charge on any atom is 0.108 e. The van der Waals surface area contributed by atoms with Crippen LogP contribution in [0.1, 0.15) is 33.3 Å². The van der Waals surface area contributed by atoms with Gasteiger partial charge < -0.3 is 10.8 Å². The summed E-state index contributed by atoms with van der Waals surface area (Å²) in [4.78, 5) is 0. The van der Waals surface area contributed by atoms with Gasteiger partial charge in [-0.15, -0.1) is 0 Å². The second kappa shape index (κ2) is 3.95. The highest BCUT2D eigenvalue weighted by atomic mass is 16.3. The smallest absolute Gasteiger partial charge is 0.108 e. The molecule has 1 aromatic carbocycles. The van der Waals surface area contributed by atoms with Gasteiger partial charge in [-0.3, -0.25) is 0 Å². The van der Waals surface area contributed by atoms with E-state index in [0.29, 0.717) is 0 Å². The molecule has 0 radical (unpaired) electrons. The predicted molar refractivity (Wildman–Crippen MR) is 63.4 cm³/mol. The first kappa shape index (κ1) is 12.2. The van der Waals surface area contributed by atoms with Crippen molar-refractivity contribution in [1.82, 2.24) is 0 Å². The van der Waals surface area contributed by atoms with E-state index in [0.717, 1.165) is 0 Å². The van der Waals surface area contributed by atoms with Crippen LogP contribution >= 0.6 is 0 Å². The van der Waals surface area contributed by atoms with Crippen LogP contribution in [0.3, 0.4) is 0 Å². The van der Waals surface area contributed by atoms with Crippen molar-refractivity contribution in [2.24, 2.45) is 11.1 Å². The van der Waals surface area contributed by atoms with E-state index < -0.39 is 6.23 Å². The number of hydrogen-bond acceptors (Lipinski definition) is 2. The van der Waals surface area contributed by atoms with Gasteiger partial charge >= 0.3 is 0 Å². The number of benzene rings is 1. The van der Waals surface area contributed by atoms with Gasteiger partial charge in [0, 0.05) is 5.41 Å². The molecule has 0 aliphatic carbocycles. The lowest BCUT2D eigenvalue weighted by Crippen LogP contribution is -2.49. The summed E-state index contributed by atoms with van der Waals surface area (Å²) in [6, 6.07) is 10.2. The molecule has 0 heterocycles. The van der Waals surface area contributed by atoms with Crippen molar-refractivity contribution in [3.63, 3.8) is 0 Å². The van der Waals surface area contributed by atoms with Crippen LogP contribution in [0.4, 0.5) is 0 Å². The zero-order chi connectivity index (χ0) is 11.7. The second-order valence-electron chi connectivity index (χ2n) is 5.16. The fraction of sp³-hybridized carbons (Fsp3) is 0.538. The van der Waals surface area contributed by atoms with E-state index in [-0.39, 0.29) is 10.8 Å². The Morgan fingerprint density at radius 2 is 1.53 bits per heavy atom. The highest BCUT2D eigenvalue weighted by Gasteiger charge is 2.42. The van der Waals surface area contributed by atoms with Gasteiger partial charge in [0.1, 0.15) is 6.23 Å². The van der Waals surface area contributed by atoms with Crippen molar-refractivity contribution >= 4 is 0 Å². The van der Waals surface area contributed by atoms with Gasteiger partial charge in [-0.2, -0.15) is 0 Å². The molecule has 0 aliphatic heterocycles. The molecule has 2 nitrogen and oxygen atoms in total. The molecule has 0 saturated carbocycles. The van der Waals surface area contributed by atoms with Crippen molar-refractivity contribution in [2.45, 2.75) is 39.3 Å². The van der Waals surface area contributed by atoms with Crippen LogP contribution in [0.25, 0.3) is 0 Å². The van der Waals surface area contributed by atoms with Crippen LogP contribution < -0.4 is 5.73 Å². The minimum Gasteiger partial charge on any atom is -0.378 e. The average molecular weight is 207 g/mol. The quantitative estimate of drug-likeness (QED) is 0.747. The third-order valence-corrected chi connectivity index (χ3v) is 3.85. The maximum atomic E-state index is 9.65. The molecule has 1 atom stereocenters. The Bertz CT molecular complexity index is 315. The Labute approximate surface area is 92.1 Å². The average Bonchev–Trinajstić information content (AvgIpc) is 2.18. The fourth-order valence-electron chi connectivity index (χ4n) is 1.60. The molecule has 0 amide bonds. The van der Waals surface area contributed by atoms with Gasteiger partial charge in [0.15, 0.2) is 0 Å². The van der Waals surface area contributed by atoms with E-state index >= 15 is 0 Å². The lowest BCUT2D eigenvalue weighted by atomic mass is 9.63. The normalized spacial score (nSPS) is 15.1. The van der Waals surface area contributed by atoms with Crippen molar-refractivity contribution in [1.29, 1.82) is 0 Å². The molecule has 15 heavy (non-hydrogen) atoms. The molecule has 0 aliphatic rings. The van der Waals surface area contributed by atoms with Gasteiger partial charge in [0.2, 0.25) is 0 Å². The number of rotatable bonds is 3. The minimum absolute atomic E-state index is 0.164. The first-order valence-corrected chi connectivity index (χ1v) is 5.29. The largest absolute Gasteiger partial charge is 0.378 e. The van der Waals surface area contributed by atoms with Crippen molar-refractivity contribution in [2.75, 3.05) is 0 Å². The molecule has 0 bridgehead atoms. The molecule has 0 fully saturated rings. The number of nitrogens with two attached hydrogens (primary N) is 1. The van der Waals surface area contributed by atoms with Gasteiger partial charge in [0.05, 0.1) is 0 Å².